The molecule has 0 saturated heterocycles. The zero-order chi connectivity index (χ0) is 11.1. The molecule has 1 aromatic carbocycles. The number of halogens is 4. The number of hydrogen-bond acceptors (Lipinski definition) is 1. The fraction of sp³-hybridized carbons (Fsp3) is 0.400. The molecule has 0 aromatic heterocycles. The van der Waals surface area contributed by atoms with Crippen molar-refractivity contribution in [1.29, 1.82) is 0 Å². The van der Waals surface area contributed by atoms with Crippen LogP contribution in [0.5, 0.6) is 0 Å². The number of rotatable bonds is 0. The molecule has 5 heteroatoms. The minimum Gasteiger partial charge on any atom is -0.210 e. The van der Waals surface area contributed by atoms with Gasteiger partial charge < -0.3 is 0 Å². The van der Waals surface area contributed by atoms with E-state index < -0.39 is 6.30 Å². The van der Waals surface area contributed by atoms with Gasteiger partial charge in [0.05, 0.1) is 0 Å². The Kier molecular flexibility index (Phi) is 2.77. The standard InChI is InChI=1S/C10H9BrF3N/c11-9-3-1-2-7-6-15(10(12,13)14)5-4-8(7)9/h1-3H,4-6H2. The van der Waals surface area contributed by atoms with Gasteiger partial charge in [0.1, 0.15) is 0 Å². The molecule has 0 radical (unpaired) electrons. The smallest absolute Gasteiger partial charge is 0.210 e. The fourth-order valence-electron chi connectivity index (χ4n) is 1.78. The van der Waals surface area contributed by atoms with Crippen molar-refractivity contribution < 1.29 is 13.2 Å². The van der Waals surface area contributed by atoms with Gasteiger partial charge in [0.15, 0.2) is 0 Å². The molecule has 1 aliphatic rings. The topological polar surface area (TPSA) is 3.24 Å². The average Bonchev–Trinajstić information content (AvgIpc) is 2.16. The molecule has 82 valence electrons. The van der Waals surface area contributed by atoms with Gasteiger partial charge in [0.25, 0.3) is 0 Å². The van der Waals surface area contributed by atoms with Gasteiger partial charge in [-0.05, 0) is 23.6 Å². The van der Waals surface area contributed by atoms with Crippen molar-refractivity contribution in [3.05, 3.63) is 33.8 Å². The van der Waals surface area contributed by atoms with Crippen LogP contribution in [0.15, 0.2) is 22.7 Å². The van der Waals surface area contributed by atoms with Gasteiger partial charge in [-0.1, -0.05) is 28.1 Å². The highest BCUT2D eigenvalue weighted by atomic mass is 79.9. The average molecular weight is 280 g/mol. The van der Waals surface area contributed by atoms with Crippen LogP contribution in [0.1, 0.15) is 11.1 Å². The van der Waals surface area contributed by atoms with Crippen LogP contribution >= 0.6 is 15.9 Å². The Morgan fingerprint density at radius 1 is 1.27 bits per heavy atom. The van der Waals surface area contributed by atoms with Crippen LogP contribution in [0, 0.1) is 0 Å². The van der Waals surface area contributed by atoms with Gasteiger partial charge in [-0.15, -0.1) is 0 Å². The zero-order valence-electron chi connectivity index (χ0n) is 7.81. The summed E-state index contributed by atoms with van der Waals surface area (Å²) in [5, 5.41) is 0. The summed E-state index contributed by atoms with van der Waals surface area (Å²) >= 11 is 3.35. The summed E-state index contributed by atoms with van der Waals surface area (Å²) in [4.78, 5) is 0.543. The first-order chi connectivity index (χ1) is 6.98. The summed E-state index contributed by atoms with van der Waals surface area (Å²) in [5.74, 6) is 0. The summed E-state index contributed by atoms with van der Waals surface area (Å²) in [6.45, 7) is -0.00259. The molecule has 1 aliphatic heterocycles. The monoisotopic (exact) mass is 279 g/mol. The normalized spacial score (nSPS) is 17.6. The maximum atomic E-state index is 12.5. The Balaban J connectivity index is 2.28. The first-order valence-electron chi connectivity index (χ1n) is 4.56. The zero-order valence-corrected chi connectivity index (χ0v) is 9.40. The molecule has 0 fully saturated rings. The van der Waals surface area contributed by atoms with Crippen molar-refractivity contribution >= 4 is 15.9 Å². The van der Waals surface area contributed by atoms with E-state index in [1.54, 1.807) is 12.1 Å². The minimum absolute atomic E-state index is 0.0408. The third kappa shape index (κ3) is 2.18. The van der Waals surface area contributed by atoms with Gasteiger partial charge in [-0.3, -0.25) is 0 Å². The second-order valence-corrected chi connectivity index (χ2v) is 4.37. The maximum absolute atomic E-state index is 12.5. The quantitative estimate of drug-likeness (QED) is 0.659. The van der Waals surface area contributed by atoms with Crippen molar-refractivity contribution in [2.24, 2.45) is 0 Å². The largest absolute Gasteiger partial charge is 0.460 e. The number of nitrogens with zero attached hydrogens (tertiary/aromatic N) is 1. The van der Waals surface area contributed by atoms with E-state index in [1.807, 2.05) is 6.07 Å². The van der Waals surface area contributed by atoms with E-state index in [4.69, 9.17) is 0 Å². The molecule has 0 spiro atoms. The summed E-state index contributed by atoms with van der Waals surface area (Å²) in [6, 6.07) is 5.38. The second-order valence-electron chi connectivity index (χ2n) is 3.52. The Bertz CT molecular complexity index is 375. The molecule has 0 bridgehead atoms. The highest BCUT2D eigenvalue weighted by Gasteiger charge is 2.38. The highest BCUT2D eigenvalue weighted by molar-refractivity contribution is 9.10. The van der Waals surface area contributed by atoms with Gasteiger partial charge >= 0.3 is 6.30 Å². The van der Waals surface area contributed by atoms with E-state index in [2.05, 4.69) is 15.9 Å². The number of fused-ring (bicyclic) bond motifs is 1. The predicted octanol–water partition coefficient (Wildman–Crippen LogP) is 3.33. The highest BCUT2D eigenvalue weighted by Crippen LogP contribution is 2.31. The summed E-state index contributed by atoms with van der Waals surface area (Å²) in [6.07, 6.45) is -3.78. The molecular formula is C10H9BrF3N. The van der Waals surface area contributed by atoms with E-state index in [0.29, 0.717) is 11.3 Å². The van der Waals surface area contributed by atoms with Crippen LogP contribution < -0.4 is 0 Å². The van der Waals surface area contributed by atoms with Crippen molar-refractivity contribution in [2.75, 3.05) is 6.54 Å². The molecule has 1 heterocycles. The Hall–Kier alpha value is -0.550. The van der Waals surface area contributed by atoms with E-state index >= 15 is 0 Å². The molecule has 0 amide bonds. The Morgan fingerprint density at radius 3 is 2.67 bits per heavy atom. The number of alkyl halides is 3. The third-order valence-electron chi connectivity index (χ3n) is 2.57. The predicted molar refractivity (Wildman–Crippen MR) is 54.3 cm³/mol. The molecule has 1 aromatic rings. The lowest BCUT2D eigenvalue weighted by Gasteiger charge is -2.30. The summed E-state index contributed by atoms with van der Waals surface area (Å²) < 4.78 is 38.3. The van der Waals surface area contributed by atoms with Gasteiger partial charge in [-0.2, -0.15) is 13.2 Å². The SMILES string of the molecule is FC(F)(F)N1CCc2c(Br)cccc2C1. The maximum Gasteiger partial charge on any atom is 0.460 e. The van der Waals surface area contributed by atoms with E-state index in [0.717, 1.165) is 15.6 Å². The molecule has 1 nitrogen and oxygen atoms in total. The van der Waals surface area contributed by atoms with Crippen molar-refractivity contribution in [3.63, 3.8) is 0 Å². The molecule has 2 rings (SSSR count). The fourth-order valence-corrected chi connectivity index (χ4v) is 2.38. The third-order valence-corrected chi connectivity index (χ3v) is 3.31. The Morgan fingerprint density at radius 2 is 2.00 bits per heavy atom. The van der Waals surface area contributed by atoms with Crippen LogP contribution in [-0.4, -0.2) is 17.7 Å². The van der Waals surface area contributed by atoms with Crippen LogP contribution in [-0.2, 0) is 13.0 Å². The van der Waals surface area contributed by atoms with Crippen LogP contribution in [0.2, 0.25) is 0 Å². The summed E-state index contributed by atoms with van der Waals surface area (Å²) in [5.41, 5.74) is 1.76. The van der Waals surface area contributed by atoms with Crippen LogP contribution in [0.25, 0.3) is 0 Å². The van der Waals surface area contributed by atoms with Crippen molar-refractivity contribution in [1.82, 2.24) is 4.90 Å². The molecule has 0 saturated carbocycles. The lowest BCUT2D eigenvalue weighted by Crippen LogP contribution is -2.41. The summed E-state index contributed by atoms with van der Waals surface area (Å²) in [7, 11) is 0. The van der Waals surface area contributed by atoms with Crippen LogP contribution in [0.3, 0.4) is 0 Å². The van der Waals surface area contributed by atoms with E-state index in [9.17, 15) is 13.2 Å². The molecule has 15 heavy (non-hydrogen) atoms. The minimum atomic E-state index is -4.22. The first-order valence-corrected chi connectivity index (χ1v) is 5.36. The van der Waals surface area contributed by atoms with E-state index in [1.165, 1.54) is 0 Å². The molecule has 0 atom stereocenters. The van der Waals surface area contributed by atoms with Crippen molar-refractivity contribution in [3.8, 4) is 0 Å². The van der Waals surface area contributed by atoms with Crippen LogP contribution in [0.4, 0.5) is 13.2 Å². The Labute approximate surface area is 94.0 Å². The van der Waals surface area contributed by atoms with Crippen molar-refractivity contribution in [2.45, 2.75) is 19.3 Å². The lowest BCUT2D eigenvalue weighted by atomic mass is 10.0. The lowest BCUT2D eigenvalue weighted by molar-refractivity contribution is -0.250. The molecular weight excluding hydrogens is 271 g/mol. The second kappa shape index (κ2) is 3.79. The van der Waals surface area contributed by atoms with E-state index in [-0.39, 0.29) is 13.1 Å². The van der Waals surface area contributed by atoms with Gasteiger partial charge in [0, 0.05) is 17.6 Å². The van der Waals surface area contributed by atoms with Gasteiger partial charge in [0.2, 0.25) is 0 Å². The number of benzene rings is 1. The molecule has 0 aliphatic carbocycles. The number of hydrogen-bond donors (Lipinski definition) is 0. The molecule has 0 unspecified atom stereocenters. The first kappa shape index (κ1) is 11.0. The van der Waals surface area contributed by atoms with Gasteiger partial charge in [-0.25, -0.2) is 4.90 Å². The molecule has 0 N–H and O–H groups in total.